The normalized spacial score (nSPS) is 24.6. The molecule has 20 heavy (non-hydrogen) atoms. The Balaban J connectivity index is 2.06. The van der Waals surface area contributed by atoms with E-state index in [4.69, 9.17) is 4.74 Å². The van der Waals surface area contributed by atoms with E-state index in [0.29, 0.717) is 17.5 Å². The fourth-order valence-corrected chi connectivity index (χ4v) is 2.73. The highest BCUT2D eigenvalue weighted by atomic mass is 16.5. The van der Waals surface area contributed by atoms with Gasteiger partial charge in [-0.05, 0) is 30.0 Å². The second-order valence-corrected chi connectivity index (χ2v) is 6.96. The van der Waals surface area contributed by atoms with Gasteiger partial charge in [-0.25, -0.2) is 0 Å². The fraction of sp³-hybridized carbons (Fsp3) is 0.647. The molecule has 1 saturated heterocycles. The second-order valence-electron chi connectivity index (χ2n) is 6.96. The lowest BCUT2D eigenvalue weighted by atomic mass is 9.84. The van der Waals surface area contributed by atoms with Crippen LogP contribution in [-0.4, -0.2) is 37.2 Å². The molecule has 0 saturated carbocycles. The first-order valence-electron chi connectivity index (χ1n) is 7.50. The topological polar surface area (TPSA) is 24.5 Å². The molecule has 1 aliphatic heterocycles. The van der Waals surface area contributed by atoms with E-state index < -0.39 is 0 Å². The lowest BCUT2D eigenvalue weighted by molar-refractivity contribution is 0.0877. The number of ether oxygens (including phenoxy) is 1. The maximum absolute atomic E-state index is 5.32. The second kappa shape index (κ2) is 6.15. The quantitative estimate of drug-likeness (QED) is 0.918. The van der Waals surface area contributed by atoms with Crippen molar-refractivity contribution in [1.29, 1.82) is 0 Å². The van der Waals surface area contributed by atoms with Gasteiger partial charge in [0.15, 0.2) is 0 Å². The molecule has 2 rings (SSSR count). The standard InChI is InChI=1S/C17H28N2O/c1-13-10-18-16(17(2,3)4)12-19(13)11-14-7-6-8-15(9-14)20-5/h6-9,13,16,18H,10-12H2,1-5H3. The molecule has 0 aliphatic carbocycles. The van der Waals surface area contributed by atoms with E-state index in [1.807, 2.05) is 6.07 Å². The van der Waals surface area contributed by atoms with E-state index in [1.54, 1.807) is 7.11 Å². The molecule has 1 aromatic carbocycles. The van der Waals surface area contributed by atoms with Crippen LogP contribution < -0.4 is 10.1 Å². The lowest BCUT2D eigenvalue weighted by Crippen LogP contribution is -2.59. The van der Waals surface area contributed by atoms with Crippen LogP contribution in [0.1, 0.15) is 33.3 Å². The van der Waals surface area contributed by atoms with Crippen LogP contribution in [0.4, 0.5) is 0 Å². The highest BCUT2D eigenvalue weighted by Crippen LogP contribution is 2.25. The molecular formula is C17H28N2O. The largest absolute Gasteiger partial charge is 0.497 e. The third-order valence-corrected chi connectivity index (χ3v) is 4.27. The van der Waals surface area contributed by atoms with Crippen LogP contribution in [0.25, 0.3) is 0 Å². The van der Waals surface area contributed by atoms with E-state index in [2.05, 4.69) is 56.1 Å². The Kier molecular flexibility index (Phi) is 4.71. The van der Waals surface area contributed by atoms with Crippen molar-refractivity contribution < 1.29 is 4.74 Å². The first-order valence-corrected chi connectivity index (χ1v) is 7.50. The van der Waals surface area contributed by atoms with Crippen LogP contribution in [0.5, 0.6) is 5.75 Å². The zero-order valence-electron chi connectivity index (χ0n) is 13.4. The van der Waals surface area contributed by atoms with Gasteiger partial charge in [-0.3, -0.25) is 4.90 Å². The molecule has 1 aromatic rings. The van der Waals surface area contributed by atoms with Gasteiger partial charge >= 0.3 is 0 Å². The van der Waals surface area contributed by atoms with Gasteiger partial charge in [0, 0.05) is 31.7 Å². The number of nitrogens with one attached hydrogen (secondary N) is 1. The van der Waals surface area contributed by atoms with Crippen molar-refractivity contribution >= 4 is 0 Å². The van der Waals surface area contributed by atoms with Crippen molar-refractivity contribution in [2.45, 2.75) is 46.3 Å². The summed E-state index contributed by atoms with van der Waals surface area (Å²) >= 11 is 0. The summed E-state index contributed by atoms with van der Waals surface area (Å²) in [5.41, 5.74) is 1.62. The third-order valence-electron chi connectivity index (χ3n) is 4.27. The van der Waals surface area contributed by atoms with Gasteiger partial charge in [0.1, 0.15) is 5.75 Å². The van der Waals surface area contributed by atoms with Crippen LogP contribution in [0, 0.1) is 5.41 Å². The number of benzene rings is 1. The number of hydrogen-bond donors (Lipinski definition) is 1. The minimum absolute atomic E-state index is 0.298. The molecule has 0 radical (unpaired) electrons. The Morgan fingerprint density at radius 2 is 2.10 bits per heavy atom. The molecule has 0 amide bonds. The van der Waals surface area contributed by atoms with Gasteiger partial charge in [-0.15, -0.1) is 0 Å². The first-order chi connectivity index (χ1) is 9.40. The number of nitrogens with zero attached hydrogens (tertiary/aromatic N) is 1. The summed E-state index contributed by atoms with van der Waals surface area (Å²) < 4.78 is 5.32. The smallest absolute Gasteiger partial charge is 0.119 e. The predicted molar refractivity (Wildman–Crippen MR) is 84.1 cm³/mol. The molecule has 3 heteroatoms. The molecule has 3 nitrogen and oxygen atoms in total. The van der Waals surface area contributed by atoms with Crippen LogP contribution >= 0.6 is 0 Å². The van der Waals surface area contributed by atoms with Crippen molar-refractivity contribution in [1.82, 2.24) is 10.2 Å². The number of rotatable bonds is 3. The molecule has 0 aromatic heterocycles. The van der Waals surface area contributed by atoms with Gasteiger partial charge in [-0.2, -0.15) is 0 Å². The molecule has 1 N–H and O–H groups in total. The van der Waals surface area contributed by atoms with E-state index in [1.165, 1.54) is 5.56 Å². The summed E-state index contributed by atoms with van der Waals surface area (Å²) in [5.74, 6) is 0.942. The molecule has 2 atom stereocenters. The zero-order valence-corrected chi connectivity index (χ0v) is 13.4. The Hall–Kier alpha value is -1.06. The minimum atomic E-state index is 0.298. The Labute approximate surface area is 123 Å². The van der Waals surface area contributed by atoms with E-state index in [-0.39, 0.29) is 0 Å². The summed E-state index contributed by atoms with van der Waals surface area (Å²) in [7, 11) is 1.72. The monoisotopic (exact) mass is 276 g/mol. The molecule has 0 bridgehead atoms. The maximum Gasteiger partial charge on any atom is 0.119 e. The van der Waals surface area contributed by atoms with Gasteiger partial charge in [0.25, 0.3) is 0 Å². The Bertz CT molecular complexity index is 439. The average molecular weight is 276 g/mol. The van der Waals surface area contributed by atoms with Gasteiger partial charge in [0.2, 0.25) is 0 Å². The summed E-state index contributed by atoms with van der Waals surface area (Å²) in [6.45, 7) is 12.4. The van der Waals surface area contributed by atoms with Crippen molar-refractivity contribution in [2.75, 3.05) is 20.2 Å². The molecule has 1 aliphatic rings. The van der Waals surface area contributed by atoms with Crippen LogP contribution in [-0.2, 0) is 6.54 Å². The summed E-state index contributed by atoms with van der Waals surface area (Å²) in [5, 5.41) is 3.68. The van der Waals surface area contributed by atoms with Crippen molar-refractivity contribution in [2.24, 2.45) is 5.41 Å². The van der Waals surface area contributed by atoms with Crippen molar-refractivity contribution in [3.63, 3.8) is 0 Å². The Morgan fingerprint density at radius 3 is 2.75 bits per heavy atom. The summed E-state index contributed by atoms with van der Waals surface area (Å²) in [6.07, 6.45) is 0. The highest BCUT2D eigenvalue weighted by Gasteiger charge is 2.32. The highest BCUT2D eigenvalue weighted by molar-refractivity contribution is 5.28. The maximum atomic E-state index is 5.32. The minimum Gasteiger partial charge on any atom is -0.497 e. The van der Waals surface area contributed by atoms with Gasteiger partial charge < -0.3 is 10.1 Å². The van der Waals surface area contributed by atoms with E-state index in [9.17, 15) is 0 Å². The molecule has 1 fully saturated rings. The van der Waals surface area contributed by atoms with Crippen LogP contribution in [0.15, 0.2) is 24.3 Å². The zero-order chi connectivity index (χ0) is 14.8. The number of hydrogen-bond acceptors (Lipinski definition) is 3. The Morgan fingerprint density at radius 1 is 1.35 bits per heavy atom. The predicted octanol–water partition coefficient (Wildman–Crippen LogP) is 2.90. The molecule has 1 heterocycles. The van der Waals surface area contributed by atoms with Gasteiger partial charge in [0.05, 0.1) is 7.11 Å². The summed E-state index contributed by atoms with van der Waals surface area (Å²) in [6, 6.07) is 9.51. The fourth-order valence-electron chi connectivity index (χ4n) is 2.73. The van der Waals surface area contributed by atoms with Gasteiger partial charge in [-0.1, -0.05) is 32.9 Å². The van der Waals surface area contributed by atoms with Crippen LogP contribution in [0.2, 0.25) is 0 Å². The van der Waals surface area contributed by atoms with E-state index in [0.717, 1.165) is 25.4 Å². The lowest BCUT2D eigenvalue weighted by Gasteiger charge is -2.44. The van der Waals surface area contributed by atoms with Crippen LogP contribution in [0.3, 0.4) is 0 Å². The van der Waals surface area contributed by atoms with E-state index >= 15 is 0 Å². The molecular weight excluding hydrogens is 248 g/mol. The average Bonchev–Trinajstić information content (AvgIpc) is 2.40. The molecule has 112 valence electrons. The van der Waals surface area contributed by atoms with Crippen molar-refractivity contribution in [3.05, 3.63) is 29.8 Å². The molecule has 2 unspecified atom stereocenters. The SMILES string of the molecule is COc1cccc(CN2CC(C(C)(C)C)NCC2C)c1. The van der Waals surface area contributed by atoms with Crippen molar-refractivity contribution in [3.8, 4) is 5.75 Å². The first kappa shape index (κ1) is 15.3. The molecule has 0 spiro atoms. The number of piperazine rings is 1. The number of methoxy groups -OCH3 is 1. The summed E-state index contributed by atoms with van der Waals surface area (Å²) in [4.78, 5) is 2.57. The third kappa shape index (κ3) is 3.74.